The summed E-state index contributed by atoms with van der Waals surface area (Å²) in [5, 5.41) is 5.01. The normalized spacial score (nSPS) is 13.1. The van der Waals surface area contributed by atoms with Gasteiger partial charge in [-0.1, -0.05) is 361 Å². The van der Waals surface area contributed by atoms with Gasteiger partial charge < -0.3 is 18.9 Å². The van der Waals surface area contributed by atoms with Gasteiger partial charge in [0.05, 0.1) is 33.4 Å². The Morgan fingerprint density at radius 2 is 0.427 bits per heavy atom. The second-order valence-electron chi connectivity index (χ2n) is 43.0. The molecule has 0 bridgehead atoms. The Labute approximate surface area is 775 Å². The number of nitrogens with zero attached hydrogens (tertiary/aromatic N) is 4. The molecule has 0 atom stereocenters. The highest BCUT2D eigenvalue weighted by Gasteiger charge is 2.46. The molecule has 0 saturated carbocycles. The third-order valence-electron chi connectivity index (χ3n) is 28.0. The maximum Gasteiger partial charge on any atom is 0.252 e. The quantitative estimate of drug-likeness (QED) is 0.113. The highest BCUT2D eigenvalue weighted by molar-refractivity contribution is 7.00. The summed E-state index contributed by atoms with van der Waals surface area (Å²) in [7, 11) is 0. The zero-order chi connectivity index (χ0) is 90.7. The molecule has 0 unspecified atom stereocenters. The smallest absolute Gasteiger partial charge is 0.252 e. The molecule has 19 aromatic rings. The monoisotopic (exact) mass is 1690 g/mol. The molecule has 0 N–H and O–H groups in total. The van der Waals surface area contributed by atoms with E-state index in [0.717, 1.165) is 112 Å². The van der Waals surface area contributed by atoms with Crippen molar-refractivity contribution in [3.05, 3.63) is 403 Å². The van der Waals surface area contributed by atoms with Gasteiger partial charge in [-0.05, 0) is 282 Å². The molecule has 17 aromatic carbocycles. The van der Waals surface area contributed by atoms with Gasteiger partial charge in [0.15, 0.2) is 0 Å². The van der Waals surface area contributed by atoms with Gasteiger partial charge in [-0.15, -0.1) is 0 Å². The largest absolute Gasteiger partial charge is 0.310 e. The van der Waals surface area contributed by atoms with Gasteiger partial charge in [0.2, 0.25) is 0 Å². The van der Waals surface area contributed by atoms with Crippen molar-refractivity contribution in [2.75, 3.05) is 9.80 Å². The summed E-state index contributed by atoms with van der Waals surface area (Å²) >= 11 is 0. The topological polar surface area (TPSA) is 16.3 Å². The first kappa shape index (κ1) is 83.9. The first-order valence-electron chi connectivity index (χ1n) is 47.0. The predicted octanol–water partition coefficient (Wildman–Crippen LogP) is 33.1. The maximum atomic E-state index is 2.74. The number of rotatable bonds is 12. The van der Waals surface area contributed by atoms with Crippen molar-refractivity contribution < 1.29 is 0 Å². The zero-order valence-corrected chi connectivity index (χ0v) is 79.1. The van der Waals surface area contributed by atoms with Crippen LogP contribution in [-0.4, -0.2) is 15.8 Å². The fraction of sp³-hybridized carbons (Fsp3) is 0.190. The van der Waals surface area contributed by atoms with Crippen LogP contribution in [0.15, 0.2) is 370 Å². The van der Waals surface area contributed by atoms with Crippen molar-refractivity contribution in [1.29, 1.82) is 0 Å². The Morgan fingerprint density at radius 3 is 0.718 bits per heavy atom. The van der Waals surface area contributed by atoms with Crippen molar-refractivity contribution in [1.82, 2.24) is 9.13 Å². The predicted molar refractivity (Wildman–Crippen MR) is 565 cm³/mol. The Balaban J connectivity index is 0.907. The Hall–Kier alpha value is -14.0. The van der Waals surface area contributed by atoms with E-state index in [-0.39, 0.29) is 39.2 Å². The van der Waals surface area contributed by atoms with Crippen LogP contribution in [0.1, 0.15) is 158 Å². The molecule has 0 fully saturated rings. The van der Waals surface area contributed by atoms with E-state index in [4.69, 9.17) is 0 Å². The molecule has 4 nitrogen and oxygen atoms in total. The van der Waals surface area contributed by atoms with Crippen LogP contribution < -0.4 is 26.2 Å². The number of aromatic nitrogens is 2. The molecule has 0 radical (unpaired) electrons. The van der Waals surface area contributed by atoms with Crippen molar-refractivity contribution in [3.8, 4) is 100 Å². The van der Waals surface area contributed by atoms with Crippen molar-refractivity contribution in [3.63, 3.8) is 0 Å². The van der Waals surface area contributed by atoms with Crippen molar-refractivity contribution >= 4 is 101 Å². The number of hydrogen-bond acceptors (Lipinski definition) is 2. The molecule has 0 saturated heterocycles. The molecule has 4 heterocycles. The van der Waals surface area contributed by atoms with Gasteiger partial charge >= 0.3 is 0 Å². The number of hydrogen-bond donors (Lipinski definition) is 0. The van der Waals surface area contributed by atoms with Gasteiger partial charge in [-0.3, -0.25) is 0 Å². The summed E-state index contributed by atoms with van der Waals surface area (Å²) in [6.07, 6.45) is 0. The van der Waals surface area contributed by atoms with Gasteiger partial charge in [0.1, 0.15) is 0 Å². The molecule has 21 rings (SSSR count). The van der Waals surface area contributed by atoms with Crippen molar-refractivity contribution in [2.45, 2.75) is 157 Å². The van der Waals surface area contributed by atoms with Crippen LogP contribution in [0.3, 0.4) is 0 Å². The van der Waals surface area contributed by atoms with Crippen LogP contribution in [-0.2, 0) is 32.5 Å². The molecule has 131 heavy (non-hydrogen) atoms. The highest BCUT2D eigenvalue weighted by atomic mass is 15.2. The van der Waals surface area contributed by atoms with Gasteiger partial charge in [0, 0.05) is 77.9 Å². The molecular formula is C126H115BN4. The van der Waals surface area contributed by atoms with E-state index in [1.165, 1.54) is 116 Å². The fourth-order valence-electron chi connectivity index (χ4n) is 20.6. The summed E-state index contributed by atoms with van der Waals surface area (Å²) in [4.78, 5) is 5.48. The summed E-state index contributed by atoms with van der Waals surface area (Å²) < 4.78 is 5.16. The lowest BCUT2D eigenvalue weighted by molar-refractivity contribution is 0.590. The third kappa shape index (κ3) is 14.9. The number of benzene rings is 17. The molecular weight excluding hydrogens is 1580 g/mol. The summed E-state index contributed by atoms with van der Waals surface area (Å²) in [5.41, 5.74) is 42.5. The Kier molecular flexibility index (Phi) is 20.1. The minimum Gasteiger partial charge on any atom is -0.310 e. The molecule has 0 spiro atoms. The lowest BCUT2D eigenvalue weighted by Gasteiger charge is -2.46. The standard InChI is InChI=1S/C126H115BN4/c1-121(2,3)92-54-62-110-104(70-92)105-71-93(122(4,5)6)55-63-111(105)128(110)98-58-60-108-116(78-98)130(119-100(82-40-27-21-28-41-82)74-96(125(13,14)15)76-102(119)90-50-33-48-88(68-90)86-46-31-44-84(66-86)80-36-23-19-24-37-80)114-52-35-53-115-118(114)127(108)109-61-59-99(129-112-64-56-94(123(7,8)9)72-106(112)107-73-95(124(10,11)12)57-65-113(107)129)79-117(109)131(115)120-101(83-42-29-22-30-43-83)75-97(126(16,17)18)77-103(120)91-51-34-49-89(69-91)87-47-32-45-85(67-87)81-38-25-20-26-39-81/h19-79H,1-18H3. The third-order valence-corrected chi connectivity index (χ3v) is 28.0. The fourth-order valence-corrected chi connectivity index (χ4v) is 20.6. The van der Waals surface area contributed by atoms with Crippen LogP contribution in [0.2, 0.25) is 0 Å². The summed E-state index contributed by atoms with van der Waals surface area (Å²) in [6.45, 7) is 42.1. The second kappa shape index (κ2) is 31.4. The highest BCUT2D eigenvalue weighted by Crippen LogP contribution is 2.56. The van der Waals surface area contributed by atoms with E-state index < -0.39 is 0 Å². The van der Waals surface area contributed by atoms with Gasteiger partial charge in [0.25, 0.3) is 6.71 Å². The summed E-state index contributed by atoms with van der Waals surface area (Å²) in [5.74, 6) is 0. The minimum atomic E-state index is -0.305. The lowest BCUT2D eigenvalue weighted by Crippen LogP contribution is -2.61. The molecule has 5 heteroatoms. The van der Waals surface area contributed by atoms with Crippen LogP contribution in [0.5, 0.6) is 0 Å². The first-order chi connectivity index (χ1) is 62.7. The summed E-state index contributed by atoms with van der Waals surface area (Å²) in [6, 6.07) is 143. The Bertz CT molecular complexity index is 7150. The minimum absolute atomic E-state index is 0.0879. The van der Waals surface area contributed by atoms with E-state index in [1.54, 1.807) is 0 Å². The molecule has 0 aliphatic carbocycles. The lowest BCUT2D eigenvalue weighted by atomic mass is 9.33. The van der Waals surface area contributed by atoms with Crippen LogP contribution in [0.4, 0.5) is 34.1 Å². The van der Waals surface area contributed by atoms with Crippen molar-refractivity contribution in [2.24, 2.45) is 0 Å². The molecule has 642 valence electrons. The Morgan fingerprint density at radius 1 is 0.183 bits per heavy atom. The average molecular weight is 1700 g/mol. The molecule has 2 aromatic heterocycles. The van der Waals surface area contributed by atoms with Gasteiger partial charge in [-0.25, -0.2) is 0 Å². The molecule has 2 aliphatic rings. The second-order valence-corrected chi connectivity index (χ2v) is 43.0. The maximum absolute atomic E-state index is 2.74. The first-order valence-corrected chi connectivity index (χ1v) is 47.0. The van der Waals surface area contributed by atoms with Crippen LogP contribution in [0.25, 0.3) is 144 Å². The SMILES string of the molecule is CC(C)(C)c1cc(-c2ccccc2)c(N2c3cc(-n4c5ccc(C(C)(C)C)cc5c5cc(C(C)(C)C)ccc54)ccc3B3c4ccc(-n5c6ccc(C(C)(C)C)cc6c6cc(C(C)(C)C)ccc65)cc4N(c4c(-c5ccccc5)cc(C(C)(C)C)cc4-c4cccc(-c5cccc(-c6ccccc6)c5)c4)c4cccc2c43)c(-c2cccc(-c3cccc(-c4ccccc4)c3)c2)c1. The van der Waals surface area contributed by atoms with E-state index in [1.807, 2.05) is 0 Å². The average Bonchev–Trinajstić information content (AvgIpc) is 1.16. The van der Waals surface area contributed by atoms with E-state index >= 15 is 0 Å². The number of fused-ring (bicyclic) bond motifs is 10. The molecule has 0 amide bonds. The van der Waals surface area contributed by atoms with Crippen LogP contribution >= 0.6 is 0 Å². The van der Waals surface area contributed by atoms with E-state index in [0.29, 0.717) is 0 Å². The number of anilines is 6. The van der Waals surface area contributed by atoms with Gasteiger partial charge in [-0.2, -0.15) is 0 Å². The molecule has 2 aliphatic heterocycles. The van der Waals surface area contributed by atoms with Crippen LogP contribution in [0, 0.1) is 0 Å². The van der Waals surface area contributed by atoms with E-state index in [9.17, 15) is 0 Å². The zero-order valence-electron chi connectivity index (χ0n) is 79.1. The van der Waals surface area contributed by atoms with E-state index in [2.05, 4.69) is 514 Å².